The molecule has 0 bridgehead atoms. The Morgan fingerprint density at radius 2 is 1.79 bits per heavy atom. The zero-order valence-electron chi connectivity index (χ0n) is 12.1. The lowest BCUT2D eigenvalue weighted by Crippen LogP contribution is -2.53. The molecule has 2 amide bonds. The van der Waals surface area contributed by atoms with Crippen LogP contribution in [0.4, 0.5) is 4.79 Å². The van der Waals surface area contributed by atoms with Gasteiger partial charge in [0, 0.05) is 20.2 Å². The summed E-state index contributed by atoms with van der Waals surface area (Å²) in [6.07, 6.45) is 1.34. The Labute approximate surface area is 114 Å². The van der Waals surface area contributed by atoms with E-state index in [-0.39, 0.29) is 17.9 Å². The highest BCUT2D eigenvalue weighted by molar-refractivity contribution is 5.86. The van der Waals surface area contributed by atoms with Gasteiger partial charge in [-0.1, -0.05) is 13.8 Å². The third-order valence-electron chi connectivity index (χ3n) is 3.48. The van der Waals surface area contributed by atoms with Crippen molar-refractivity contribution in [2.75, 3.05) is 27.3 Å². The highest BCUT2D eigenvalue weighted by Crippen LogP contribution is 2.15. The maximum Gasteiger partial charge on any atom is 0.407 e. The van der Waals surface area contributed by atoms with Crippen LogP contribution in [0.2, 0.25) is 0 Å². The molecule has 110 valence electrons. The molecule has 1 saturated heterocycles. The number of carbonyl (C=O) groups excluding carboxylic acids is 2. The zero-order chi connectivity index (χ0) is 14.4. The van der Waals surface area contributed by atoms with Gasteiger partial charge in [0.2, 0.25) is 5.91 Å². The van der Waals surface area contributed by atoms with E-state index >= 15 is 0 Å². The molecule has 0 saturated carbocycles. The second kappa shape index (κ2) is 7.33. The molecule has 0 aromatic heterocycles. The van der Waals surface area contributed by atoms with Crippen LogP contribution in [0.25, 0.3) is 0 Å². The number of rotatable bonds is 4. The number of alkyl carbamates (subject to hydrolysis) is 1. The van der Waals surface area contributed by atoms with Crippen LogP contribution >= 0.6 is 0 Å². The second-order valence-electron chi connectivity index (χ2n) is 5.12. The second-order valence-corrected chi connectivity index (χ2v) is 5.12. The van der Waals surface area contributed by atoms with Crippen molar-refractivity contribution in [3.8, 4) is 0 Å². The van der Waals surface area contributed by atoms with Gasteiger partial charge in [-0.15, -0.1) is 0 Å². The van der Waals surface area contributed by atoms with Crippen molar-refractivity contribution in [2.24, 2.45) is 5.92 Å². The van der Waals surface area contributed by atoms with Gasteiger partial charge in [0.15, 0.2) is 0 Å². The number of amides is 2. The molecule has 6 nitrogen and oxygen atoms in total. The lowest BCUT2D eigenvalue weighted by atomic mass is 10.0. The van der Waals surface area contributed by atoms with Crippen LogP contribution in [-0.4, -0.2) is 56.4 Å². The smallest absolute Gasteiger partial charge is 0.407 e. The van der Waals surface area contributed by atoms with Gasteiger partial charge in [-0.05, 0) is 18.8 Å². The number of carbonyl (C=O) groups is 2. The fourth-order valence-electron chi connectivity index (χ4n) is 2.21. The predicted molar refractivity (Wildman–Crippen MR) is 70.8 cm³/mol. The first-order valence-corrected chi connectivity index (χ1v) is 6.65. The molecule has 1 atom stereocenters. The minimum atomic E-state index is -0.571. The van der Waals surface area contributed by atoms with E-state index in [1.165, 1.54) is 7.11 Å². The quantitative estimate of drug-likeness (QED) is 0.829. The summed E-state index contributed by atoms with van der Waals surface area (Å²) in [4.78, 5) is 25.5. The number of ether oxygens (including phenoxy) is 2. The third-order valence-corrected chi connectivity index (χ3v) is 3.48. The van der Waals surface area contributed by atoms with Crippen molar-refractivity contribution in [1.82, 2.24) is 10.2 Å². The van der Waals surface area contributed by atoms with E-state index in [2.05, 4.69) is 10.1 Å². The maximum absolute atomic E-state index is 12.4. The summed E-state index contributed by atoms with van der Waals surface area (Å²) in [5.41, 5.74) is 0. The van der Waals surface area contributed by atoms with Gasteiger partial charge in [-0.25, -0.2) is 4.79 Å². The Kier molecular flexibility index (Phi) is 6.08. The number of nitrogens with one attached hydrogen (secondary N) is 1. The summed E-state index contributed by atoms with van der Waals surface area (Å²) in [5, 5.41) is 2.60. The van der Waals surface area contributed by atoms with E-state index in [0.717, 1.165) is 12.8 Å². The van der Waals surface area contributed by atoms with Crippen molar-refractivity contribution in [3.05, 3.63) is 0 Å². The molecule has 1 N–H and O–H groups in total. The molecule has 19 heavy (non-hydrogen) atoms. The lowest BCUT2D eigenvalue weighted by Gasteiger charge is -2.34. The number of hydrogen-bond acceptors (Lipinski definition) is 4. The molecule has 6 heteroatoms. The van der Waals surface area contributed by atoms with Gasteiger partial charge < -0.3 is 19.7 Å². The number of methoxy groups -OCH3 is 2. The maximum atomic E-state index is 12.4. The molecule has 0 aromatic rings. The van der Waals surface area contributed by atoms with Gasteiger partial charge in [0.1, 0.15) is 6.04 Å². The van der Waals surface area contributed by atoms with E-state index in [0.29, 0.717) is 13.1 Å². The van der Waals surface area contributed by atoms with Crippen LogP contribution in [-0.2, 0) is 14.3 Å². The van der Waals surface area contributed by atoms with Crippen molar-refractivity contribution in [2.45, 2.75) is 38.8 Å². The average molecular weight is 272 g/mol. The van der Waals surface area contributed by atoms with E-state index in [1.807, 2.05) is 13.8 Å². The van der Waals surface area contributed by atoms with Gasteiger partial charge in [0.05, 0.1) is 13.2 Å². The number of piperidine rings is 1. The molecule has 1 fully saturated rings. The number of nitrogens with zero attached hydrogens (tertiary/aromatic N) is 1. The van der Waals surface area contributed by atoms with Gasteiger partial charge in [-0.3, -0.25) is 4.79 Å². The SMILES string of the molecule is COC(=O)NC(C(=O)N1CCC(OC)CC1)C(C)C. The van der Waals surface area contributed by atoms with Gasteiger partial charge in [0.25, 0.3) is 0 Å². The molecule has 1 heterocycles. The van der Waals surface area contributed by atoms with E-state index in [1.54, 1.807) is 12.0 Å². The molecule has 0 aliphatic carbocycles. The van der Waals surface area contributed by atoms with E-state index in [9.17, 15) is 9.59 Å². The summed E-state index contributed by atoms with van der Waals surface area (Å²) in [5.74, 6) is -0.0262. The topological polar surface area (TPSA) is 67.9 Å². The van der Waals surface area contributed by atoms with Crippen LogP contribution in [0.5, 0.6) is 0 Å². The summed E-state index contributed by atoms with van der Waals surface area (Å²) < 4.78 is 9.84. The average Bonchev–Trinajstić information content (AvgIpc) is 2.43. The zero-order valence-corrected chi connectivity index (χ0v) is 12.1. The van der Waals surface area contributed by atoms with Crippen molar-refractivity contribution in [3.63, 3.8) is 0 Å². The Morgan fingerprint density at radius 3 is 2.21 bits per heavy atom. The summed E-state index contributed by atoms with van der Waals surface area (Å²) in [6, 6.07) is -0.536. The first-order valence-electron chi connectivity index (χ1n) is 6.65. The van der Waals surface area contributed by atoms with E-state index < -0.39 is 12.1 Å². The fraction of sp³-hybridized carbons (Fsp3) is 0.846. The van der Waals surface area contributed by atoms with Crippen molar-refractivity contribution in [1.29, 1.82) is 0 Å². The molecule has 0 aromatic carbocycles. The van der Waals surface area contributed by atoms with Crippen molar-refractivity contribution < 1.29 is 19.1 Å². The highest BCUT2D eigenvalue weighted by atomic mass is 16.5. The van der Waals surface area contributed by atoms with Crippen LogP contribution in [0.15, 0.2) is 0 Å². The molecule has 1 aliphatic heterocycles. The Hall–Kier alpha value is -1.30. The van der Waals surface area contributed by atoms with Crippen LogP contribution in [0, 0.1) is 5.92 Å². The Balaban J connectivity index is 2.59. The Bertz CT molecular complexity index is 312. The molecule has 1 rings (SSSR count). The fourth-order valence-corrected chi connectivity index (χ4v) is 2.21. The largest absolute Gasteiger partial charge is 0.453 e. The summed E-state index contributed by atoms with van der Waals surface area (Å²) in [6.45, 7) is 5.15. The standard InChI is InChI=1S/C13H24N2O4/c1-9(2)11(14-13(17)19-4)12(16)15-7-5-10(18-3)6-8-15/h9-11H,5-8H2,1-4H3,(H,14,17). The highest BCUT2D eigenvalue weighted by Gasteiger charge is 2.31. The van der Waals surface area contributed by atoms with Crippen molar-refractivity contribution >= 4 is 12.0 Å². The summed E-state index contributed by atoms with van der Waals surface area (Å²) in [7, 11) is 2.99. The molecule has 0 spiro atoms. The van der Waals surface area contributed by atoms with Gasteiger partial charge >= 0.3 is 6.09 Å². The molecule has 1 aliphatic rings. The summed E-state index contributed by atoms with van der Waals surface area (Å²) >= 11 is 0. The normalized spacial score (nSPS) is 18.3. The molecule has 0 radical (unpaired) electrons. The van der Waals surface area contributed by atoms with Gasteiger partial charge in [-0.2, -0.15) is 0 Å². The first-order chi connectivity index (χ1) is 8.99. The third kappa shape index (κ3) is 4.38. The van der Waals surface area contributed by atoms with Crippen LogP contribution < -0.4 is 5.32 Å². The number of likely N-dealkylation sites (tertiary alicyclic amines) is 1. The minimum Gasteiger partial charge on any atom is -0.453 e. The molecule has 1 unspecified atom stereocenters. The lowest BCUT2D eigenvalue weighted by molar-refractivity contribution is -0.136. The van der Waals surface area contributed by atoms with E-state index in [4.69, 9.17) is 4.74 Å². The predicted octanol–water partition coefficient (Wildman–Crippen LogP) is 1.00. The molecular weight excluding hydrogens is 248 g/mol. The van der Waals surface area contributed by atoms with Crippen LogP contribution in [0.1, 0.15) is 26.7 Å². The monoisotopic (exact) mass is 272 g/mol. The number of hydrogen-bond donors (Lipinski definition) is 1. The van der Waals surface area contributed by atoms with Crippen LogP contribution in [0.3, 0.4) is 0 Å². The first kappa shape index (κ1) is 15.8. The minimum absolute atomic E-state index is 0.0201. The molecular formula is C13H24N2O4. The Morgan fingerprint density at radius 1 is 1.21 bits per heavy atom.